The fraction of sp³-hybridized carbons (Fsp3) is 0. The molecule has 2 heterocycles. The van der Waals surface area contributed by atoms with Crippen molar-refractivity contribution in [1.29, 1.82) is 0 Å². The number of halogens is 2. The molecule has 5 heteroatoms. The molecule has 0 radical (unpaired) electrons. The van der Waals surface area contributed by atoms with Gasteiger partial charge in [0, 0.05) is 22.7 Å². The summed E-state index contributed by atoms with van der Waals surface area (Å²) in [6, 6.07) is 10.4. The topological polar surface area (TPSA) is 46.0 Å². The van der Waals surface area contributed by atoms with Crippen LogP contribution in [0.15, 0.2) is 42.6 Å². The van der Waals surface area contributed by atoms with E-state index in [1.165, 1.54) is 0 Å². The van der Waals surface area contributed by atoms with Gasteiger partial charge in [-0.25, -0.2) is 9.97 Å². The Kier molecular flexibility index (Phi) is 3.01. The maximum absolute atomic E-state index is 9.92. The number of aromatic hydroxyl groups is 1. The number of hydrogen-bond donors (Lipinski definition) is 1. The molecule has 94 valence electrons. The summed E-state index contributed by atoms with van der Waals surface area (Å²) in [5, 5.41) is 11.3. The molecule has 3 nitrogen and oxygen atoms in total. The zero-order chi connectivity index (χ0) is 13.4. The number of phenols is 1. The first-order valence-corrected chi connectivity index (χ1v) is 6.32. The Balaban J connectivity index is 2.39. The highest BCUT2D eigenvalue weighted by molar-refractivity contribution is 6.42. The van der Waals surface area contributed by atoms with E-state index in [-0.39, 0.29) is 10.9 Å². The quantitative estimate of drug-likeness (QED) is 0.679. The molecule has 1 N–H and O–H groups in total. The Morgan fingerprint density at radius 3 is 2.58 bits per heavy atom. The van der Waals surface area contributed by atoms with Gasteiger partial charge < -0.3 is 5.11 Å². The number of hydrogen-bond acceptors (Lipinski definition) is 3. The molecule has 2 aromatic heterocycles. The van der Waals surface area contributed by atoms with E-state index in [2.05, 4.69) is 9.97 Å². The summed E-state index contributed by atoms with van der Waals surface area (Å²) in [5.74, 6) is 0.108. The second-order valence-electron chi connectivity index (χ2n) is 3.98. The minimum absolute atomic E-state index is 0.108. The third-order valence-electron chi connectivity index (χ3n) is 2.83. The third-order valence-corrected chi connectivity index (χ3v) is 3.49. The Labute approximate surface area is 119 Å². The van der Waals surface area contributed by atoms with Crippen LogP contribution in [0.25, 0.3) is 22.2 Å². The van der Waals surface area contributed by atoms with Crippen LogP contribution in [-0.2, 0) is 0 Å². The van der Waals surface area contributed by atoms with Crippen molar-refractivity contribution in [2.24, 2.45) is 0 Å². The summed E-state index contributed by atoms with van der Waals surface area (Å²) in [4.78, 5) is 8.33. The van der Waals surface area contributed by atoms with E-state index in [0.717, 1.165) is 0 Å². The van der Waals surface area contributed by atoms with Crippen LogP contribution in [0.4, 0.5) is 0 Å². The van der Waals surface area contributed by atoms with Crippen molar-refractivity contribution in [3.8, 4) is 16.9 Å². The highest BCUT2D eigenvalue weighted by atomic mass is 35.5. The Bertz CT molecular complexity index is 774. The molecule has 0 unspecified atom stereocenters. The Morgan fingerprint density at radius 1 is 1.00 bits per heavy atom. The average Bonchev–Trinajstić information content (AvgIpc) is 2.41. The number of fused-ring (bicyclic) bond motifs is 1. The van der Waals surface area contributed by atoms with Gasteiger partial charge in [0.15, 0.2) is 5.65 Å². The predicted octanol–water partition coefficient (Wildman–Crippen LogP) is 4.31. The van der Waals surface area contributed by atoms with Crippen LogP contribution in [-0.4, -0.2) is 15.1 Å². The summed E-state index contributed by atoms with van der Waals surface area (Å²) in [6.07, 6.45) is 1.63. The zero-order valence-corrected chi connectivity index (χ0v) is 11.2. The lowest BCUT2D eigenvalue weighted by Gasteiger charge is -2.10. The van der Waals surface area contributed by atoms with Gasteiger partial charge in [-0.3, -0.25) is 0 Å². The number of pyridine rings is 2. The maximum atomic E-state index is 9.92. The molecular weight excluding hydrogens is 283 g/mol. The van der Waals surface area contributed by atoms with E-state index in [0.29, 0.717) is 27.2 Å². The molecule has 1 aromatic carbocycles. The Hall–Kier alpha value is -1.84. The van der Waals surface area contributed by atoms with Gasteiger partial charge in [-0.1, -0.05) is 41.4 Å². The summed E-state index contributed by atoms with van der Waals surface area (Å²) in [5.41, 5.74) is 1.55. The van der Waals surface area contributed by atoms with E-state index in [9.17, 15) is 5.11 Å². The van der Waals surface area contributed by atoms with Gasteiger partial charge in [0.2, 0.25) is 0 Å². The number of rotatable bonds is 1. The molecule has 0 saturated heterocycles. The SMILES string of the molecule is Oc1ccccc1-c1c(Cl)nc2ncccc2c1Cl. The first-order valence-electron chi connectivity index (χ1n) is 5.56. The third kappa shape index (κ3) is 2.01. The number of benzene rings is 1. The number of para-hydroxylation sites is 1. The number of nitrogens with zero attached hydrogens (tertiary/aromatic N) is 2. The van der Waals surface area contributed by atoms with Crippen LogP contribution in [0.1, 0.15) is 0 Å². The highest BCUT2D eigenvalue weighted by Gasteiger charge is 2.16. The zero-order valence-electron chi connectivity index (χ0n) is 9.64. The van der Waals surface area contributed by atoms with E-state index in [1.807, 2.05) is 6.07 Å². The van der Waals surface area contributed by atoms with Gasteiger partial charge in [-0.2, -0.15) is 0 Å². The van der Waals surface area contributed by atoms with E-state index >= 15 is 0 Å². The summed E-state index contributed by atoms with van der Waals surface area (Å²) in [7, 11) is 0. The van der Waals surface area contributed by atoms with Crippen LogP contribution >= 0.6 is 23.2 Å². The van der Waals surface area contributed by atoms with Gasteiger partial charge in [0.1, 0.15) is 10.9 Å². The summed E-state index contributed by atoms with van der Waals surface area (Å²) in [6.45, 7) is 0. The van der Waals surface area contributed by atoms with Crippen LogP contribution < -0.4 is 0 Å². The Morgan fingerprint density at radius 2 is 1.79 bits per heavy atom. The normalized spacial score (nSPS) is 10.8. The molecule has 0 spiro atoms. The second kappa shape index (κ2) is 4.68. The van der Waals surface area contributed by atoms with Crippen molar-refractivity contribution in [2.75, 3.05) is 0 Å². The second-order valence-corrected chi connectivity index (χ2v) is 4.72. The lowest BCUT2D eigenvalue weighted by Crippen LogP contribution is -1.91. The molecule has 0 aliphatic carbocycles. The van der Waals surface area contributed by atoms with E-state index < -0.39 is 0 Å². The van der Waals surface area contributed by atoms with Gasteiger partial charge >= 0.3 is 0 Å². The molecule has 3 rings (SSSR count). The van der Waals surface area contributed by atoms with Crippen molar-refractivity contribution in [3.63, 3.8) is 0 Å². The first kappa shape index (κ1) is 12.2. The lowest BCUT2D eigenvalue weighted by atomic mass is 10.1. The smallest absolute Gasteiger partial charge is 0.162 e. The van der Waals surface area contributed by atoms with Gasteiger partial charge in [0.25, 0.3) is 0 Å². The largest absolute Gasteiger partial charge is 0.507 e. The molecule has 0 saturated carbocycles. The van der Waals surface area contributed by atoms with Gasteiger partial charge in [-0.05, 0) is 18.2 Å². The minimum atomic E-state index is 0.108. The fourth-order valence-electron chi connectivity index (χ4n) is 1.95. The molecule has 0 atom stereocenters. The van der Waals surface area contributed by atoms with Crippen molar-refractivity contribution in [2.45, 2.75) is 0 Å². The monoisotopic (exact) mass is 290 g/mol. The molecule has 0 amide bonds. The van der Waals surface area contributed by atoms with Crippen molar-refractivity contribution >= 4 is 34.2 Å². The molecule has 0 bridgehead atoms. The average molecular weight is 291 g/mol. The van der Waals surface area contributed by atoms with Gasteiger partial charge in [-0.15, -0.1) is 0 Å². The van der Waals surface area contributed by atoms with E-state index in [1.54, 1.807) is 36.5 Å². The lowest BCUT2D eigenvalue weighted by molar-refractivity contribution is 0.477. The summed E-state index contributed by atoms with van der Waals surface area (Å²) < 4.78 is 0. The standard InChI is InChI=1S/C14H8Cl2N2O/c15-12-9-5-3-7-17-14(9)18-13(16)11(12)8-4-1-2-6-10(8)19/h1-7,19H. The minimum Gasteiger partial charge on any atom is -0.507 e. The van der Waals surface area contributed by atoms with Gasteiger partial charge in [0.05, 0.1) is 5.02 Å². The molecule has 3 aromatic rings. The molecular formula is C14H8Cl2N2O. The summed E-state index contributed by atoms with van der Waals surface area (Å²) >= 11 is 12.5. The number of aromatic nitrogens is 2. The van der Waals surface area contributed by atoms with E-state index in [4.69, 9.17) is 23.2 Å². The van der Waals surface area contributed by atoms with Crippen molar-refractivity contribution in [3.05, 3.63) is 52.8 Å². The van der Waals surface area contributed by atoms with Crippen molar-refractivity contribution < 1.29 is 5.11 Å². The van der Waals surface area contributed by atoms with Crippen LogP contribution in [0.3, 0.4) is 0 Å². The van der Waals surface area contributed by atoms with Crippen molar-refractivity contribution in [1.82, 2.24) is 9.97 Å². The van der Waals surface area contributed by atoms with Crippen LogP contribution in [0.5, 0.6) is 5.75 Å². The molecule has 0 fully saturated rings. The fourth-order valence-corrected chi connectivity index (χ4v) is 2.61. The molecule has 0 aliphatic rings. The van der Waals surface area contributed by atoms with Crippen LogP contribution in [0, 0.1) is 0 Å². The first-order chi connectivity index (χ1) is 9.18. The predicted molar refractivity (Wildman–Crippen MR) is 76.7 cm³/mol. The molecule has 19 heavy (non-hydrogen) atoms. The highest BCUT2D eigenvalue weighted by Crippen LogP contribution is 2.41. The number of phenolic OH excluding ortho intramolecular Hbond substituents is 1. The maximum Gasteiger partial charge on any atom is 0.162 e. The van der Waals surface area contributed by atoms with Crippen LogP contribution in [0.2, 0.25) is 10.2 Å². The molecule has 0 aliphatic heterocycles.